The molecule has 0 aliphatic carbocycles. The number of benzene rings is 3. The van der Waals surface area contributed by atoms with Crippen LogP contribution in [0.15, 0.2) is 77.3 Å². The highest BCUT2D eigenvalue weighted by Crippen LogP contribution is 2.30. The molecule has 1 amide bonds. The van der Waals surface area contributed by atoms with Crippen LogP contribution in [0.1, 0.15) is 10.4 Å². The second kappa shape index (κ2) is 9.29. The highest BCUT2D eigenvalue weighted by atomic mass is 79.9. The smallest absolute Gasteiger partial charge is 0.254 e. The maximum Gasteiger partial charge on any atom is 0.254 e. The third-order valence-corrected chi connectivity index (χ3v) is 6.35. The van der Waals surface area contributed by atoms with E-state index < -0.39 is 0 Å². The van der Waals surface area contributed by atoms with Crippen molar-refractivity contribution in [2.45, 2.75) is 0 Å². The van der Waals surface area contributed by atoms with Crippen molar-refractivity contribution in [1.82, 2.24) is 19.8 Å². The fourth-order valence-electron chi connectivity index (χ4n) is 4.02. The Morgan fingerprint density at radius 3 is 2.48 bits per heavy atom. The molecule has 1 aliphatic heterocycles. The van der Waals surface area contributed by atoms with E-state index in [9.17, 15) is 4.79 Å². The number of nitrogens with zero attached hydrogens (tertiary/aromatic N) is 4. The van der Waals surface area contributed by atoms with Gasteiger partial charge in [-0.3, -0.25) is 4.79 Å². The minimum atomic E-state index is 0.0565. The molecule has 7 heteroatoms. The van der Waals surface area contributed by atoms with Gasteiger partial charge in [0.25, 0.3) is 5.91 Å². The van der Waals surface area contributed by atoms with E-state index in [1.807, 2.05) is 77.7 Å². The summed E-state index contributed by atoms with van der Waals surface area (Å²) in [6.07, 6.45) is 0. The highest BCUT2D eigenvalue weighted by molar-refractivity contribution is 9.10. The third kappa shape index (κ3) is 4.74. The number of halogens is 1. The summed E-state index contributed by atoms with van der Waals surface area (Å²) in [5.41, 5.74) is 4.17. The molecule has 0 radical (unpaired) electrons. The van der Waals surface area contributed by atoms with Crippen molar-refractivity contribution in [2.75, 3.05) is 38.5 Å². The first-order chi connectivity index (χ1) is 16.1. The SMILES string of the molecule is CN1CCN(C(=O)c2cccc(Nc3nc(-c4ccccc4)c4cc(Br)ccc4n3)c2)CC1. The highest BCUT2D eigenvalue weighted by Gasteiger charge is 2.20. The molecule has 33 heavy (non-hydrogen) atoms. The normalized spacial score (nSPS) is 14.4. The molecule has 0 bridgehead atoms. The average Bonchev–Trinajstić information content (AvgIpc) is 2.84. The molecule has 0 unspecified atom stereocenters. The van der Waals surface area contributed by atoms with Crippen molar-refractivity contribution in [1.29, 1.82) is 0 Å². The molecular weight excluding hydrogens is 478 g/mol. The summed E-state index contributed by atoms with van der Waals surface area (Å²) < 4.78 is 0.978. The quantitative estimate of drug-likeness (QED) is 0.416. The van der Waals surface area contributed by atoms with Crippen LogP contribution >= 0.6 is 15.9 Å². The molecular formula is C26H24BrN5O. The fraction of sp³-hybridized carbons (Fsp3) is 0.192. The zero-order valence-electron chi connectivity index (χ0n) is 18.3. The molecule has 6 nitrogen and oxygen atoms in total. The number of amides is 1. The number of hydrogen-bond donors (Lipinski definition) is 1. The molecule has 0 spiro atoms. The van der Waals surface area contributed by atoms with Gasteiger partial charge in [-0.1, -0.05) is 52.3 Å². The van der Waals surface area contributed by atoms with Crippen LogP contribution in [0.25, 0.3) is 22.2 Å². The van der Waals surface area contributed by atoms with Gasteiger partial charge < -0.3 is 15.1 Å². The van der Waals surface area contributed by atoms with E-state index >= 15 is 0 Å². The van der Waals surface area contributed by atoms with Gasteiger partial charge in [0.2, 0.25) is 5.95 Å². The van der Waals surface area contributed by atoms with Crippen LogP contribution in [-0.4, -0.2) is 58.9 Å². The van der Waals surface area contributed by atoms with Gasteiger partial charge in [-0.15, -0.1) is 0 Å². The predicted molar refractivity (Wildman–Crippen MR) is 136 cm³/mol. The summed E-state index contributed by atoms with van der Waals surface area (Å²) in [6, 6.07) is 23.6. The van der Waals surface area contributed by atoms with Gasteiger partial charge in [-0.2, -0.15) is 0 Å². The van der Waals surface area contributed by atoms with Gasteiger partial charge in [-0.25, -0.2) is 9.97 Å². The second-order valence-corrected chi connectivity index (χ2v) is 9.14. The summed E-state index contributed by atoms with van der Waals surface area (Å²) in [5.74, 6) is 0.550. The molecule has 1 aromatic heterocycles. The summed E-state index contributed by atoms with van der Waals surface area (Å²) in [4.78, 5) is 26.7. The van der Waals surface area contributed by atoms with Crippen LogP contribution in [-0.2, 0) is 0 Å². The van der Waals surface area contributed by atoms with E-state index in [-0.39, 0.29) is 5.91 Å². The number of rotatable bonds is 4. The number of fused-ring (bicyclic) bond motifs is 1. The summed E-state index contributed by atoms with van der Waals surface area (Å²) in [6.45, 7) is 3.29. The van der Waals surface area contributed by atoms with Crippen molar-refractivity contribution in [3.8, 4) is 11.3 Å². The van der Waals surface area contributed by atoms with Crippen molar-refractivity contribution in [3.63, 3.8) is 0 Å². The minimum Gasteiger partial charge on any atom is -0.336 e. The Balaban J connectivity index is 1.47. The molecule has 4 aromatic rings. The Morgan fingerprint density at radius 1 is 0.909 bits per heavy atom. The number of nitrogens with one attached hydrogen (secondary N) is 1. The number of anilines is 2. The minimum absolute atomic E-state index is 0.0565. The fourth-order valence-corrected chi connectivity index (χ4v) is 4.38. The van der Waals surface area contributed by atoms with Gasteiger partial charge in [0.1, 0.15) is 0 Å². The number of aromatic nitrogens is 2. The van der Waals surface area contributed by atoms with Crippen molar-refractivity contribution >= 4 is 44.4 Å². The summed E-state index contributed by atoms with van der Waals surface area (Å²) in [5, 5.41) is 4.29. The van der Waals surface area contributed by atoms with Gasteiger partial charge in [0.05, 0.1) is 11.2 Å². The summed E-state index contributed by atoms with van der Waals surface area (Å²) in [7, 11) is 2.08. The van der Waals surface area contributed by atoms with E-state index in [4.69, 9.17) is 9.97 Å². The van der Waals surface area contributed by atoms with E-state index in [0.717, 1.165) is 58.5 Å². The van der Waals surface area contributed by atoms with Crippen LogP contribution in [0.3, 0.4) is 0 Å². The molecule has 0 saturated carbocycles. The topological polar surface area (TPSA) is 61.4 Å². The van der Waals surface area contributed by atoms with Gasteiger partial charge >= 0.3 is 0 Å². The lowest BCUT2D eigenvalue weighted by Crippen LogP contribution is -2.47. The predicted octanol–water partition coefficient (Wildman–Crippen LogP) is 5.19. The molecule has 2 heterocycles. The Labute approximate surface area is 201 Å². The molecule has 1 N–H and O–H groups in total. The van der Waals surface area contributed by atoms with Gasteiger partial charge in [0, 0.05) is 52.9 Å². The van der Waals surface area contributed by atoms with Crippen molar-refractivity contribution < 1.29 is 4.79 Å². The lowest BCUT2D eigenvalue weighted by molar-refractivity contribution is 0.0664. The van der Waals surface area contributed by atoms with Crippen LogP contribution in [0.5, 0.6) is 0 Å². The molecule has 3 aromatic carbocycles. The van der Waals surface area contributed by atoms with Crippen LogP contribution in [0.4, 0.5) is 11.6 Å². The first kappa shape index (κ1) is 21.6. The Bertz CT molecular complexity index is 1300. The number of likely N-dealkylation sites (N-methyl/N-ethyl adjacent to an activating group) is 1. The molecule has 5 rings (SSSR count). The van der Waals surface area contributed by atoms with Crippen molar-refractivity contribution in [2.24, 2.45) is 0 Å². The molecule has 0 atom stereocenters. The molecule has 1 aliphatic rings. The zero-order valence-corrected chi connectivity index (χ0v) is 19.9. The van der Waals surface area contributed by atoms with E-state index in [0.29, 0.717) is 11.5 Å². The number of carbonyl (C=O) groups is 1. The monoisotopic (exact) mass is 501 g/mol. The Kier molecular flexibility index (Phi) is 6.07. The molecule has 1 fully saturated rings. The number of carbonyl (C=O) groups excluding carboxylic acids is 1. The number of piperazine rings is 1. The van der Waals surface area contributed by atoms with Crippen LogP contribution < -0.4 is 5.32 Å². The van der Waals surface area contributed by atoms with E-state index in [1.54, 1.807) is 0 Å². The molecule has 166 valence electrons. The third-order valence-electron chi connectivity index (χ3n) is 5.86. The standard InChI is InChI=1S/C26H24BrN5O/c1-31-12-14-32(15-13-31)25(33)19-8-5-9-21(16-19)28-26-29-23-11-10-20(27)17-22(23)24(30-26)18-6-3-2-4-7-18/h2-11,16-17H,12-15H2,1H3,(H,28,29,30). The second-order valence-electron chi connectivity index (χ2n) is 8.22. The van der Waals surface area contributed by atoms with E-state index in [1.165, 1.54) is 0 Å². The van der Waals surface area contributed by atoms with Crippen LogP contribution in [0.2, 0.25) is 0 Å². The Hall–Kier alpha value is -3.29. The van der Waals surface area contributed by atoms with Crippen LogP contribution in [0, 0.1) is 0 Å². The zero-order chi connectivity index (χ0) is 22.8. The average molecular weight is 502 g/mol. The largest absolute Gasteiger partial charge is 0.336 e. The van der Waals surface area contributed by atoms with E-state index in [2.05, 4.69) is 33.2 Å². The first-order valence-electron chi connectivity index (χ1n) is 10.9. The van der Waals surface area contributed by atoms with Gasteiger partial charge in [-0.05, 0) is 43.4 Å². The maximum absolute atomic E-state index is 13.0. The number of hydrogen-bond acceptors (Lipinski definition) is 5. The van der Waals surface area contributed by atoms with Gasteiger partial charge in [0.15, 0.2) is 0 Å². The van der Waals surface area contributed by atoms with Crippen molar-refractivity contribution in [3.05, 3.63) is 82.8 Å². The first-order valence-corrected chi connectivity index (χ1v) is 11.7. The summed E-state index contributed by atoms with van der Waals surface area (Å²) >= 11 is 3.56. The molecule has 1 saturated heterocycles. The maximum atomic E-state index is 13.0. The lowest BCUT2D eigenvalue weighted by atomic mass is 10.1. The lowest BCUT2D eigenvalue weighted by Gasteiger charge is -2.32. The Morgan fingerprint density at radius 2 is 1.70 bits per heavy atom.